The number of nitrogens with zero attached hydrogens (tertiary/aromatic N) is 3. The van der Waals surface area contributed by atoms with Gasteiger partial charge in [-0.3, -0.25) is 4.79 Å². The van der Waals surface area contributed by atoms with Crippen LogP contribution in [0.2, 0.25) is 0 Å². The van der Waals surface area contributed by atoms with E-state index in [4.69, 9.17) is 4.74 Å². The number of ether oxygens (including phenoxy) is 1. The SMILES string of the molecule is O=CN1CCCCC1c1ccc(N2CCOCC2)nc1. The van der Waals surface area contributed by atoms with Crippen molar-refractivity contribution in [3.63, 3.8) is 0 Å². The summed E-state index contributed by atoms with van der Waals surface area (Å²) in [6.07, 6.45) is 6.23. The number of pyridine rings is 1. The molecular weight excluding hydrogens is 254 g/mol. The summed E-state index contributed by atoms with van der Waals surface area (Å²) in [5, 5.41) is 0. The third kappa shape index (κ3) is 2.77. The molecule has 3 rings (SSSR count). The summed E-state index contributed by atoms with van der Waals surface area (Å²) in [5.41, 5.74) is 1.15. The van der Waals surface area contributed by atoms with Gasteiger partial charge in [0.15, 0.2) is 0 Å². The molecule has 0 bridgehead atoms. The first-order chi connectivity index (χ1) is 9.88. The average molecular weight is 275 g/mol. The van der Waals surface area contributed by atoms with Crippen LogP contribution in [0.3, 0.4) is 0 Å². The van der Waals surface area contributed by atoms with Gasteiger partial charge in [-0.2, -0.15) is 0 Å². The van der Waals surface area contributed by atoms with Gasteiger partial charge in [0, 0.05) is 25.8 Å². The van der Waals surface area contributed by atoms with Gasteiger partial charge in [-0.15, -0.1) is 0 Å². The Hall–Kier alpha value is -1.62. The molecule has 108 valence electrons. The fraction of sp³-hybridized carbons (Fsp3) is 0.600. The van der Waals surface area contributed by atoms with E-state index in [2.05, 4.69) is 22.0 Å². The van der Waals surface area contributed by atoms with E-state index in [0.29, 0.717) is 0 Å². The maximum absolute atomic E-state index is 11.1. The van der Waals surface area contributed by atoms with Crippen molar-refractivity contribution < 1.29 is 9.53 Å². The van der Waals surface area contributed by atoms with Crippen molar-refractivity contribution in [3.8, 4) is 0 Å². The molecule has 0 spiro atoms. The number of aromatic nitrogens is 1. The maximum Gasteiger partial charge on any atom is 0.210 e. The molecule has 20 heavy (non-hydrogen) atoms. The number of piperidine rings is 1. The Labute approximate surface area is 119 Å². The fourth-order valence-corrected chi connectivity index (χ4v) is 3.01. The Morgan fingerprint density at radius 3 is 2.75 bits per heavy atom. The number of likely N-dealkylation sites (tertiary alicyclic amines) is 1. The summed E-state index contributed by atoms with van der Waals surface area (Å²) >= 11 is 0. The highest BCUT2D eigenvalue weighted by atomic mass is 16.5. The quantitative estimate of drug-likeness (QED) is 0.786. The number of hydrogen-bond donors (Lipinski definition) is 0. The van der Waals surface area contributed by atoms with Crippen molar-refractivity contribution in [1.29, 1.82) is 0 Å². The van der Waals surface area contributed by atoms with Crippen molar-refractivity contribution in [2.24, 2.45) is 0 Å². The highest BCUT2D eigenvalue weighted by Crippen LogP contribution is 2.29. The molecular formula is C15H21N3O2. The molecule has 1 unspecified atom stereocenters. The predicted octanol–water partition coefficient (Wildman–Crippen LogP) is 1.60. The topological polar surface area (TPSA) is 45.7 Å². The molecule has 1 atom stereocenters. The number of hydrogen-bond acceptors (Lipinski definition) is 4. The van der Waals surface area contributed by atoms with E-state index < -0.39 is 0 Å². The minimum absolute atomic E-state index is 0.201. The molecule has 0 radical (unpaired) electrons. The molecule has 0 aliphatic carbocycles. The van der Waals surface area contributed by atoms with Gasteiger partial charge in [0.2, 0.25) is 6.41 Å². The summed E-state index contributed by atoms with van der Waals surface area (Å²) < 4.78 is 5.35. The van der Waals surface area contributed by atoms with Gasteiger partial charge in [-0.25, -0.2) is 4.98 Å². The third-order valence-corrected chi connectivity index (χ3v) is 4.17. The van der Waals surface area contributed by atoms with E-state index in [-0.39, 0.29) is 6.04 Å². The number of amides is 1. The van der Waals surface area contributed by atoms with Gasteiger partial charge in [-0.05, 0) is 30.9 Å². The fourth-order valence-electron chi connectivity index (χ4n) is 3.01. The minimum atomic E-state index is 0.201. The number of rotatable bonds is 3. The molecule has 5 nitrogen and oxygen atoms in total. The van der Waals surface area contributed by atoms with Crippen LogP contribution in [0.25, 0.3) is 0 Å². The van der Waals surface area contributed by atoms with Crippen LogP contribution in [0, 0.1) is 0 Å². The Kier molecular flexibility index (Phi) is 4.16. The maximum atomic E-state index is 11.1. The lowest BCUT2D eigenvalue weighted by molar-refractivity contribution is -0.121. The molecule has 3 heterocycles. The highest BCUT2D eigenvalue weighted by molar-refractivity contribution is 5.49. The monoisotopic (exact) mass is 275 g/mol. The van der Waals surface area contributed by atoms with E-state index >= 15 is 0 Å². The Bertz CT molecular complexity index is 443. The summed E-state index contributed by atoms with van der Waals surface area (Å²) in [6, 6.07) is 4.38. The van der Waals surface area contributed by atoms with Crippen LogP contribution in [0.5, 0.6) is 0 Å². The van der Waals surface area contributed by atoms with Crippen LogP contribution < -0.4 is 4.90 Å². The van der Waals surface area contributed by atoms with Crippen LogP contribution >= 0.6 is 0 Å². The molecule has 0 N–H and O–H groups in total. The normalized spacial score (nSPS) is 23.7. The van der Waals surface area contributed by atoms with Crippen molar-refractivity contribution in [2.75, 3.05) is 37.7 Å². The molecule has 1 aromatic heterocycles. The first-order valence-electron chi connectivity index (χ1n) is 7.38. The largest absolute Gasteiger partial charge is 0.378 e. The molecule has 5 heteroatoms. The van der Waals surface area contributed by atoms with Crippen molar-refractivity contribution in [3.05, 3.63) is 23.9 Å². The van der Waals surface area contributed by atoms with E-state index in [1.54, 1.807) is 0 Å². The Morgan fingerprint density at radius 1 is 1.20 bits per heavy atom. The van der Waals surface area contributed by atoms with Crippen LogP contribution in [0.4, 0.5) is 5.82 Å². The molecule has 2 saturated heterocycles. The average Bonchev–Trinajstić information content (AvgIpc) is 2.56. The standard InChI is InChI=1S/C15H21N3O2/c19-12-18-6-2-1-3-14(18)13-4-5-15(16-11-13)17-7-9-20-10-8-17/h4-5,11-12,14H,1-3,6-10H2. The highest BCUT2D eigenvalue weighted by Gasteiger charge is 2.23. The first kappa shape index (κ1) is 13.4. The van der Waals surface area contributed by atoms with E-state index in [1.807, 2.05) is 11.1 Å². The zero-order valence-electron chi connectivity index (χ0n) is 11.7. The molecule has 2 aliphatic rings. The van der Waals surface area contributed by atoms with Gasteiger partial charge >= 0.3 is 0 Å². The van der Waals surface area contributed by atoms with Gasteiger partial charge in [0.1, 0.15) is 5.82 Å². The Balaban J connectivity index is 1.72. The van der Waals surface area contributed by atoms with Crippen molar-refractivity contribution in [1.82, 2.24) is 9.88 Å². The van der Waals surface area contributed by atoms with Gasteiger partial charge in [-0.1, -0.05) is 6.07 Å². The van der Waals surface area contributed by atoms with Crippen LogP contribution in [0.15, 0.2) is 18.3 Å². The molecule has 1 aromatic rings. The van der Waals surface area contributed by atoms with Gasteiger partial charge in [0.05, 0.1) is 19.3 Å². The van der Waals surface area contributed by atoms with Crippen molar-refractivity contribution in [2.45, 2.75) is 25.3 Å². The lowest BCUT2D eigenvalue weighted by Crippen LogP contribution is -2.37. The smallest absolute Gasteiger partial charge is 0.210 e. The molecule has 2 fully saturated rings. The molecule has 0 aromatic carbocycles. The van der Waals surface area contributed by atoms with E-state index in [9.17, 15) is 4.79 Å². The van der Waals surface area contributed by atoms with E-state index in [1.165, 1.54) is 6.42 Å². The number of anilines is 1. The first-order valence-corrected chi connectivity index (χ1v) is 7.38. The van der Waals surface area contributed by atoms with Crippen LogP contribution in [0.1, 0.15) is 30.9 Å². The van der Waals surface area contributed by atoms with E-state index in [0.717, 1.165) is 63.5 Å². The molecule has 2 aliphatic heterocycles. The van der Waals surface area contributed by atoms with Gasteiger partial charge < -0.3 is 14.5 Å². The zero-order valence-corrected chi connectivity index (χ0v) is 11.7. The lowest BCUT2D eigenvalue weighted by Gasteiger charge is -2.33. The summed E-state index contributed by atoms with van der Waals surface area (Å²) in [6.45, 7) is 4.20. The Morgan fingerprint density at radius 2 is 2.05 bits per heavy atom. The second-order valence-corrected chi connectivity index (χ2v) is 5.40. The van der Waals surface area contributed by atoms with Crippen molar-refractivity contribution >= 4 is 12.2 Å². The molecule has 0 saturated carbocycles. The number of carbonyl (C=O) groups excluding carboxylic acids is 1. The minimum Gasteiger partial charge on any atom is -0.378 e. The second-order valence-electron chi connectivity index (χ2n) is 5.40. The third-order valence-electron chi connectivity index (χ3n) is 4.17. The summed E-state index contributed by atoms with van der Waals surface area (Å²) in [7, 11) is 0. The van der Waals surface area contributed by atoms with Gasteiger partial charge in [0.25, 0.3) is 0 Å². The lowest BCUT2D eigenvalue weighted by atomic mass is 9.97. The number of morpholine rings is 1. The summed E-state index contributed by atoms with van der Waals surface area (Å²) in [5.74, 6) is 1.01. The van der Waals surface area contributed by atoms with Crippen LogP contribution in [-0.2, 0) is 9.53 Å². The summed E-state index contributed by atoms with van der Waals surface area (Å²) in [4.78, 5) is 19.9. The predicted molar refractivity (Wildman–Crippen MR) is 76.6 cm³/mol. The zero-order chi connectivity index (χ0) is 13.8. The number of carbonyl (C=O) groups is 1. The second kappa shape index (κ2) is 6.22. The molecule has 1 amide bonds. The van der Waals surface area contributed by atoms with Crippen LogP contribution in [-0.4, -0.2) is 49.1 Å².